The average Bonchev–Trinajstić information content (AvgIpc) is 3.38. The number of amides is 2. The van der Waals surface area contributed by atoms with Crippen molar-refractivity contribution in [3.05, 3.63) is 101 Å². The summed E-state index contributed by atoms with van der Waals surface area (Å²) in [6.45, 7) is 10.1. The smallest absolute Gasteiger partial charge is 0.325 e. The van der Waals surface area contributed by atoms with Gasteiger partial charge < -0.3 is 15.4 Å². The van der Waals surface area contributed by atoms with Crippen LogP contribution in [0.5, 0.6) is 0 Å². The number of hydrogen-bond donors (Lipinski definition) is 2. The number of aryl methyl sites for hydroxylation is 3. The van der Waals surface area contributed by atoms with E-state index in [1.165, 1.54) is 18.2 Å². The highest BCUT2D eigenvalue weighted by Gasteiger charge is 2.18. The Morgan fingerprint density at radius 2 is 1.64 bits per heavy atom. The van der Waals surface area contributed by atoms with E-state index in [2.05, 4.69) is 60.9 Å². The molecule has 0 fully saturated rings. The number of allylic oxidation sites excluding steroid dienone is 2. The average molecular weight is 529 g/mol. The third kappa shape index (κ3) is 7.31. The number of rotatable bonds is 12. The lowest BCUT2D eigenvalue weighted by atomic mass is 9.98. The lowest BCUT2D eigenvalue weighted by Crippen LogP contribution is -2.30. The van der Waals surface area contributed by atoms with Crippen molar-refractivity contribution in [3.8, 4) is 0 Å². The molecule has 3 rings (SSSR count). The van der Waals surface area contributed by atoms with Crippen LogP contribution < -0.4 is 10.6 Å². The molecule has 0 aliphatic carbocycles. The molecule has 0 radical (unpaired) electrons. The van der Waals surface area contributed by atoms with Crippen LogP contribution in [0.1, 0.15) is 70.4 Å². The largest absolute Gasteiger partial charge is 0.468 e. The Kier molecular flexibility index (Phi) is 10.4. The maximum Gasteiger partial charge on any atom is 0.325 e. The molecule has 8 heteroatoms. The van der Waals surface area contributed by atoms with Crippen molar-refractivity contribution >= 4 is 29.2 Å². The lowest BCUT2D eigenvalue weighted by Gasteiger charge is -2.14. The second-order valence-electron chi connectivity index (χ2n) is 8.95. The summed E-state index contributed by atoms with van der Waals surface area (Å²) in [5.74, 6) is -1.31. The second-order valence-corrected chi connectivity index (χ2v) is 8.95. The molecule has 0 aliphatic heterocycles. The summed E-state index contributed by atoms with van der Waals surface area (Å²) >= 11 is 0. The van der Waals surface area contributed by atoms with Crippen LogP contribution >= 0.6 is 0 Å². The first kappa shape index (κ1) is 29.1. The van der Waals surface area contributed by atoms with Gasteiger partial charge in [-0.3, -0.25) is 14.4 Å². The first-order chi connectivity index (χ1) is 18.8. The van der Waals surface area contributed by atoms with Gasteiger partial charge in [-0.25, -0.2) is 4.68 Å². The highest BCUT2D eigenvalue weighted by atomic mass is 16.5. The Morgan fingerprint density at radius 3 is 2.26 bits per heavy atom. The van der Waals surface area contributed by atoms with Gasteiger partial charge in [0.25, 0.3) is 11.8 Å². The van der Waals surface area contributed by atoms with Crippen molar-refractivity contribution in [2.45, 2.75) is 46.5 Å². The molecule has 1 heterocycles. The summed E-state index contributed by atoms with van der Waals surface area (Å²) in [4.78, 5) is 36.6. The quantitative estimate of drug-likeness (QED) is 0.249. The maximum absolute atomic E-state index is 13.2. The minimum Gasteiger partial charge on any atom is -0.468 e. The molecule has 0 saturated heterocycles. The van der Waals surface area contributed by atoms with Crippen LogP contribution in [-0.2, 0) is 28.8 Å². The molecule has 3 aromatic rings. The van der Waals surface area contributed by atoms with Gasteiger partial charge in [-0.1, -0.05) is 52.0 Å². The minimum absolute atomic E-state index is 0.221. The monoisotopic (exact) mass is 528 g/mol. The van der Waals surface area contributed by atoms with E-state index >= 15 is 0 Å². The summed E-state index contributed by atoms with van der Waals surface area (Å²) in [7, 11) is 1.25. The Balaban J connectivity index is 1.85. The van der Waals surface area contributed by atoms with E-state index in [1.54, 1.807) is 30.3 Å². The predicted octanol–water partition coefficient (Wildman–Crippen LogP) is 5.19. The van der Waals surface area contributed by atoms with Crippen LogP contribution in [0.15, 0.2) is 67.3 Å². The van der Waals surface area contributed by atoms with Crippen molar-refractivity contribution < 1.29 is 19.1 Å². The minimum atomic E-state index is -0.538. The van der Waals surface area contributed by atoms with E-state index in [0.29, 0.717) is 11.3 Å². The van der Waals surface area contributed by atoms with Crippen molar-refractivity contribution in [2.24, 2.45) is 0 Å². The maximum atomic E-state index is 13.2. The zero-order chi connectivity index (χ0) is 28.4. The van der Waals surface area contributed by atoms with Crippen LogP contribution in [0.3, 0.4) is 0 Å². The van der Waals surface area contributed by atoms with Crippen LogP contribution in [0.25, 0.3) is 5.70 Å². The number of nitrogens with zero attached hydrogens (tertiary/aromatic N) is 2. The van der Waals surface area contributed by atoms with Crippen molar-refractivity contribution in [1.29, 1.82) is 0 Å². The van der Waals surface area contributed by atoms with Crippen LogP contribution in [0.4, 0.5) is 5.69 Å². The molecule has 0 bridgehead atoms. The van der Waals surface area contributed by atoms with Crippen molar-refractivity contribution in [2.75, 3.05) is 19.0 Å². The van der Waals surface area contributed by atoms with Gasteiger partial charge in [0.05, 0.1) is 12.8 Å². The summed E-state index contributed by atoms with van der Waals surface area (Å²) in [5.41, 5.74) is 6.55. The fraction of sp³-hybridized carbons (Fsp3) is 0.290. The normalized spacial score (nSPS) is 11.1. The van der Waals surface area contributed by atoms with Crippen molar-refractivity contribution in [1.82, 2.24) is 15.1 Å². The molecular weight excluding hydrogens is 492 g/mol. The topological polar surface area (TPSA) is 102 Å². The SMILES string of the molecule is C=C/C=C(/c1ccc(CC)c(CC)c1)n1nc(C(=O)Nc2ccc(C(=O)NCC(=O)OC)cc2)cc1CCC. The van der Waals surface area contributed by atoms with Gasteiger partial charge in [0, 0.05) is 22.5 Å². The molecule has 0 unspecified atom stereocenters. The molecule has 0 aliphatic rings. The second kappa shape index (κ2) is 13.9. The number of methoxy groups -OCH3 is 1. The van der Waals surface area contributed by atoms with Gasteiger partial charge >= 0.3 is 5.97 Å². The third-order valence-electron chi connectivity index (χ3n) is 6.32. The number of nitrogens with one attached hydrogen (secondary N) is 2. The van der Waals surface area contributed by atoms with E-state index in [0.717, 1.165) is 42.6 Å². The van der Waals surface area contributed by atoms with Gasteiger partial charge in [0.15, 0.2) is 5.69 Å². The molecule has 0 spiro atoms. The molecule has 8 nitrogen and oxygen atoms in total. The van der Waals surface area contributed by atoms with Gasteiger partial charge in [-0.2, -0.15) is 5.10 Å². The number of aromatic nitrogens is 2. The highest BCUT2D eigenvalue weighted by Crippen LogP contribution is 2.24. The van der Waals surface area contributed by atoms with Gasteiger partial charge in [0.2, 0.25) is 0 Å². The molecule has 0 saturated carbocycles. The summed E-state index contributed by atoms with van der Waals surface area (Å²) in [5, 5.41) is 10.0. The van der Waals surface area contributed by atoms with Gasteiger partial charge in [-0.05, 0) is 72.9 Å². The van der Waals surface area contributed by atoms with Gasteiger partial charge in [-0.15, -0.1) is 0 Å². The van der Waals surface area contributed by atoms with E-state index in [9.17, 15) is 14.4 Å². The summed E-state index contributed by atoms with van der Waals surface area (Å²) in [6.07, 6.45) is 7.18. The molecule has 2 amide bonds. The molecule has 39 heavy (non-hydrogen) atoms. The molecule has 2 aromatic carbocycles. The van der Waals surface area contributed by atoms with Crippen LogP contribution in [0, 0.1) is 0 Å². The first-order valence-electron chi connectivity index (χ1n) is 13.2. The highest BCUT2D eigenvalue weighted by molar-refractivity contribution is 6.03. The summed E-state index contributed by atoms with van der Waals surface area (Å²) < 4.78 is 6.35. The third-order valence-corrected chi connectivity index (χ3v) is 6.32. The predicted molar refractivity (Wildman–Crippen MR) is 154 cm³/mol. The molecular formula is C31H36N4O4. The number of carbonyl (C=O) groups is 3. The van der Waals surface area contributed by atoms with E-state index in [-0.39, 0.29) is 18.1 Å². The number of esters is 1. The van der Waals surface area contributed by atoms with Crippen molar-refractivity contribution in [3.63, 3.8) is 0 Å². The number of ether oxygens (including phenoxy) is 1. The first-order valence-corrected chi connectivity index (χ1v) is 13.2. The van der Waals surface area contributed by atoms with E-state index in [4.69, 9.17) is 5.10 Å². The number of hydrogen-bond acceptors (Lipinski definition) is 5. The standard InChI is InChI=1S/C31H36N4O4/c1-6-10-26-19-27(31(38)33-25-16-14-23(15-17-25)30(37)32-20-29(36)39-5)34-35(26)28(11-7-2)24-13-12-21(8-3)22(9-4)18-24/h7,11-19H,2,6,8-10,20H2,1,3-5H3,(H,32,37)(H,33,38)/b28-11-. The molecule has 1 aromatic heterocycles. The van der Waals surface area contributed by atoms with E-state index < -0.39 is 11.9 Å². The zero-order valence-electron chi connectivity index (χ0n) is 23.0. The van der Waals surface area contributed by atoms with Crippen LogP contribution in [0.2, 0.25) is 0 Å². The number of benzene rings is 2. The molecule has 2 N–H and O–H groups in total. The molecule has 204 valence electrons. The van der Waals surface area contributed by atoms with Gasteiger partial charge in [0.1, 0.15) is 6.54 Å². The molecule has 0 atom stereocenters. The Morgan fingerprint density at radius 1 is 0.949 bits per heavy atom. The zero-order valence-corrected chi connectivity index (χ0v) is 23.0. The fourth-order valence-electron chi connectivity index (χ4n) is 4.26. The Hall–Kier alpha value is -4.46. The Labute approximate surface area is 229 Å². The lowest BCUT2D eigenvalue weighted by molar-refractivity contribution is -0.139. The van der Waals surface area contributed by atoms with E-state index in [1.807, 2.05) is 16.8 Å². The summed E-state index contributed by atoms with van der Waals surface area (Å²) in [6, 6.07) is 14.6. The van der Waals surface area contributed by atoms with Crippen LogP contribution in [-0.4, -0.2) is 41.2 Å². The Bertz CT molecular complexity index is 1370. The fourth-order valence-corrected chi connectivity index (χ4v) is 4.26. The number of carbonyl (C=O) groups excluding carboxylic acids is 3. The number of anilines is 1.